The Morgan fingerprint density at radius 1 is 1.59 bits per heavy atom. The molecule has 0 aromatic rings. The van der Waals surface area contributed by atoms with Gasteiger partial charge in [0, 0.05) is 25.6 Å². The molecule has 0 radical (unpaired) electrons. The van der Waals surface area contributed by atoms with Gasteiger partial charge in [0.15, 0.2) is 0 Å². The van der Waals surface area contributed by atoms with Gasteiger partial charge in [0.2, 0.25) is 0 Å². The van der Waals surface area contributed by atoms with E-state index in [1.54, 1.807) is 4.90 Å². The second-order valence-electron chi connectivity index (χ2n) is 5.58. The van der Waals surface area contributed by atoms with Crippen LogP contribution in [0.5, 0.6) is 0 Å². The van der Waals surface area contributed by atoms with Crippen molar-refractivity contribution in [2.45, 2.75) is 45.4 Å². The highest BCUT2D eigenvalue weighted by molar-refractivity contribution is 5.68. The second kappa shape index (κ2) is 5.67. The van der Waals surface area contributed by atoms with E-state index in [0.717, 1.165) is 12.8 Å². The number of nitrogens with two attached hydrogens (primary N) is 1. The third kappa shape index (κ3) is 4.50. The first-order valence-electron chi connectivity index (χ1n) is 6.15. The van der Waals surface area contributed by atoms with Crippen molar-refractivity contribution in [1.82, 2.24) is 4.90 Å². The second-order valence-corrected chi connectivity index (χ2v) is 5.58. The number of hydrogen-bond acceptors (Lipinski definition) is 3. The average molecular weight is 246 g/mol. The van der Waals surface area contributed by atoms with Gasteiger partial charge >= 0.3 is 6.09 Å². The normalized spacial score (nSPS) is 23.4. The van der Waals surface area contributed by atoms with Crippen LogP contribution in [0.25, 0.3) is 0 Å². The molecular formula is C12H23FN2O2. The highest BCUT2D eigenvalue weighted by atomic mass is 19.1. The lowest BCUT2D eigenvalue weighted by molar-refractivity contribution is 0.0115. The van der Waals surface area contributed by atoms with Crippen molar-refractivity contribution < 1.29 is 13.9 Å². The molecule has 0 spiro atoms. The van der Waals surface area contributed by atoms with Gasteiger partial charge in [-0.2, -0.15) is 0 Å². The maximum Gasteiger partial charge on any atom is 0.410 e. The Hall–Kier alpha value is -0.840. The van der Waals surface area contributed by atoms with E-state index in [9.17, 15) is 9.18 Å². The number of likely N-dealkylation sites (tertiary alicyclic amines) is 1. The van der Waals surface area contributed by atoms with Crippen molar-refractivity contribution in [3.63, 3.8) is 0 Å². The van der Waals surface area contributed by atoms with E-state index in [2.05, 4.69) is 0 Å². The van der Waals surface area contributed by atoms with Crippen molar-refractivity contribution in [1.29, 1.82) is 0 Å². The minimum atomic E-state index is -1.03. The van der Waals surface area contributed by atoms with Crippen LogP contribution in [0.4, 0.5) is 9.18 Å². The van der Waals surface area contributed by atoms with Gasteiger partial charge in [0.1, 0.15) is 11.8 Å². The summed E-state index contributed by atoms with van der Waals surface area (Å²) in [7, 11) is 0. The van der Waals surface area contributed by atoms with Gasteiger partial charge in [-0.15, -0.1) is 0 Å². The zero-order chi connectivity index (χ0) is 13.1. The molecule has 0 aromatic heterocycles. The molecule has 2 N–H and O–H groups in total. The molecule has 1 aliphatic rings. The molecule has 4 nitrogen and oxygen atoms in total. The van der Waals surface area contributed by atoms with Crippen LogP contribution >= 0.6 is 0 Å². The van der Waals surface area contributed by atoms with Crippen molar-refractivity contribution in [2.24, 2.45) is 11.7 Å². The number of carbonyl (C=O) groups excluding carboxylic acids is 1. The van der Waals surface area contributed by atoms with Crippen LogP contribution in [0.3, 0.4) is 0 Å². The van der Waals surface area contributed by atoms with E-state index >= 15 is 0 Å². The van der Waals surface area contributed by atoms with E-state index in [1.165, 1.54) is 0 Å². The zero-order valence-electron chi connectivity index (χ0n) is 10.9. The molecule has 1 amide bonds. The summed E-state index contributed by atoms with van der Waals surface area (Å²) in [5.41, 5.74) is 4.81. The summed E-state index contributed by atoms with van der Waals surface area (Å²) in [5.74, 6) is -0.152. The van der Waals surface area contributed by atoms with Crippen molar-refractivity contribution in [2.75, 3.05) is 19.6 Å². The fourth-order valence-corrected chi connectivity index (χ4v) is 1.99. The molecule has 0 bridgehead atoms. The third-order valence-corrected chi connectivity index (χ3v) is 2.85. The lowest BCUT2D eigenvalue weighted by Gasteiger charge is -2.35. The van der Waals surface area contributed by atoms with Crippen LogP contribution in [0, 0.1) is 5.92 Å². The fraction of sp³-hybridized carbons (Fsp3) is 0.917. The number of halogens is 1. The minimum Gasteiger partial charge on any atom is -0.444 e. The number of rotatable bonds is 2. The van der Waals surface area contributed by atoms with Crippen molar-refractivity contribution in [3.05, 3.63) is 0 Å². The smallest absolute Gasteiger partial charge is 0.410 e. The Balaban J connectivity index is 2.52. The molecule has 1 aliphatic heterocycles. The predicted octanol–water partition coefficient (Wildman–Crippen LogP) is 1.93. The number of ether oxygens (including phenoxy) is 1. The summed E-state index contributed by atoms with van der Waals surface area (Å²) in [4.78, 5) is 13.4. The van der Waals surface area contributed by atoms with Gasteiger partial charge < -0.3 is 15.4 Å². The first-order valence-corrected chi connectivity index (χ1v) is 6.15. The van der Waals surface area contributed by atoms with E-state index < -0.39 is 11.8 Å². The van der Waals surface area contributed by atoms with Crippen LogP contribution in [-0.4, -0.2) is 42.4 Å². The van der Waals surface area contributed by atoms with Crippen LogP contribution in [0.15, 0.2) is 0 Å². The molecule has 1 rings (SSSR count). The van der Waals surface area contributed by atoms with Gasteiger partial charge in [-0.05, 0) is 33.6 Å². The summed E-state index contributed by atoms with van der Waals surface area (Å²) < 4.78 is 18.8. The number of alkyl halides is 1. The number of amides is 1. The fourth-order valence-electron chi connectivity index (χ4n) is 1.99. The van der Waals surface area contributed by atoms with Crippen LogP contribution < -0.4 is 5.73 Å². The molecular weight excluding hydrogens is 223 g/mol. The standard InChI is InChI=1S/C12H23FN2O2/c1-12(2,3)17-11(16)15-6-4-5-9(8-15)10(13)7-14/h9-10H,4-8,14H2,1-3H3. The largest absolute Gasteiger partial charge is 0.444 e. The quantitative estimate of drug-likeness (QED) is 0.810. The molecule has 1 saturated heterocycles. The Labute approximate surface area is 102 Å². The monoisotopic (exact) mass is 246 g/mol. The third-order valence-electron chi connectivity index (χ3n) is 2.85. The summed E-state index contributed by atoms with van der Waals surface area (Å²) in [5, 5.41) is 0. The number of carbonyl (C=O) groups is 1. The SMILES string of the molecule is CC(C)(C)OC(=O)N1CCCC(C(F)CN)C1. The maximum atomic E-state index is 13.5. The average Bonchev–Trinajstić information content (AvgIpc) is 2.26. The Kier molecular flexibility index (Phi) is 4.74. The molecule has 0 aliphatic carbocycles. The molecule has 1 fully saturated rings. The van der Waals surface area contributed by atoms with E-state index in [-0.39, 0.29) is 18.6 Å². The number of piperidine rings is 1. The summed E-state index contributed by atoms with van der Waals surface area (Å²) in [6.07, 6.45) is 0.216. The first kappa shape index (κ1) is 14.2. The molecule has 0 aromatic carbocycles. The van der Waals surface area contributed by atoms with E-state index in [4.69, 9.17) is 10.5 Å². The summed E-state index contributed by atoms with van der Waals surface area (Å²) in [6, 6.07) is 0. The lowest BCUT2D eigenvalue weighted by atomic mass is 9.93. The molecule has 100 valence electrons. The maximum absolute atomic E-state index is 13.5. The van der Waals surface area contributed by atoms with Crippen LogP contribution in [0.1, 0.15) is 33.6 Å². The van der Waals surface area contributed by atoms with Gasteiger partial charge in [-0.1, -0.05) is 0 Å². The van der Waals surface area contributed by atoms with Crippen LogP contribution in [-0.2, 0) is 4.74 Å². The highest BCUT2D eigenvalue weighted by Crippen LogP contribution is 2.23. The molecule has 2 unspecified atom stereocenters. The van der Waals surface area contributed by atoms with E-state index in [0.29, 0.717) is 13.1 Å². The topological polar surface area (TPSA) is 55.6 Å². The Bertz CT molecular complexity index is 266. The molecule has 1 heterocycles. The van der Waals surface area contributed by atoms with Crippen molar-refractivity contribution >= 4 is 6.09 Å². The van der Waals surface area contributed by atoms with Gasteiger partial charge in [-0.25, -0.2) is 9.18 Å². The van der Waals surface area contributed by atoms with Crippen molar-refractivity contribution in [3.8, 4) is 0 Å². The van der Waals surface area contributed by atoms with Gasteiger partial charge in [0.25, 0.3) is 0 Å². The first-order chi connectivity index (χ1) is 7.83. The van der Waals surface area contributed by atoms with Gasteiger partial charge in [0.05, 0.1) is 0 Å². The summed E-state index contributed by atoms with van der Waals surface area (Å²) >= 11 is 0. The Morgan fingerprint density at radius 2 is 2.24 bits per heavy atom. The molecule has 17 heavy (non-hydrogen) atoms. The predicted molar refractivity (Wildman–Crippen MR) is 64.5 cm³/mol. The molecule has 5 heteroatoms. The van der Waals surface area contributed by atoms with Crippen LogP contribution in [0.2, 0.25) is 0 Å². The Morgan fingerprint density at radius 3 is 2.76 bits per heavy atom. The number of hydrogen-bond donors (Lipinski definition) is 1. The number of nitrogens with zero attached hydrogens (tertiary/aromatic N) is 1. The lowest BCUT2D eigenvalue weighted by Crippen LogP contribution is -2.46. The minimum absolute atomic E-state index is 0.0207. The molecule has 0 saturated carbocycles. The van der Waals surface area contributed by atoms with E-state index in [1.807, 2.05) is 20.8 Å². The zero-order valence-corrected chi connectivity index (χ0v) is 10.9. The highest BCUT2D eigenvalue weighted by Gasteiger charge is 2.31. The summed E-state index contributed by atoms with van der Waals surface area (Å²) in [6.45, 7) is 6.54. The van der Waals surface area contributed by atoms with Gasteiger partial charge in [-0.3, -0.25) is 0 Å². The molecule has 2 atom stereocenters.